The highest BCUT2D eigenvalue weighted by atomic mass is 19.4. The summed E-state index contributed by atoms with van der Waals surface area (Å²) in [7, 11) is 1.78. The number of nitrogens with zero attached hydrogens (tertiary/aromatic N) is 3. The van der Waals surface area contributed by atoms with E-state index in [9.17, 15) is 22.4 Å². The van der Waals surface area contributed by atoms with E-state index in [1.54, 1.807) is 36.1 Å². The van der Waals surface area contributed by atoms with Crippen molar-refractivity contribution in [2.45, 2.75) is 25.4 Å². The van der Waals surface area contributed by atoms with Crippen LogP contribution < -0.4 is 10.1 Å². The van der Waals surface area contributed by atoms with E-state index in [4.69, 9.17) is 4.74 Å². The summed E-state index contributed by atoms with van der Waals surface area (Å²) in [6.07, 6.45) is 0.452. The average Bonchev–Trinajstić information content (AvgIpc) is 3.25. The highest BCUT2D eigenvalue weighted by molar-refractivity contribution is 6.04. The van der Waals surface area contributed by atoms with Crippen molar-refractivity contribution in [2.75, 3.05) is 31.6 Å². The lowest BCUT2D eigenvalue weighted by atomic mass is 10.1. The maximum Gasteiger partial charge on any atom is 0.419 e. The minimum atomic E-state index is -4.83. The number of anilines is 1. The Morgan fingerprint density at radius 1 is 1.09 bits per heavy atom. The minimum Gasteiger partial charge on any atom is -0.492 e. The standard InChI is InChI=1S/C25H26F4N4O2/c1-32-22(9-10-30-32)19-16-18(6-8-23(19)35-14-13-33-11-3-2-4-12-33)31-24(34)17-5-7-20(21(26)15-17)25(27,28)29/h5-10,15-16H,2-4,11-14H2,1H3,(H,31,34). The summed E-state index contributed by atoms with van der Waals surface area (Å²) in [5.41, 5.74) is 0.197. The second kappa shape index (κ2) is 10.5. The fourth-order valence-electron chi connectivity index (χ4n) is 4.13. The molecular formula is C25H26F4N4O2. The van der Waals surface area contributed by atoms with Crippen molar-refractivity contribution in [1.82, 2.24) is 14.7 Å². The second-order valence-electron chi connectivity index (χ2n) is 8.45. The quantitative estimate of drug-likeness (QED) is 0.453. The number of hydrogen-bond donors (Lipinski definition) is 1. The first-order chi connectivity index (χ1) is 16.7. The highest BCUT2D eigenvalue weighted by Crippen LogP contribution is 2.34. The van der Waals surface area contributed by atoms with E-state index in [1.165, 1.54) is 19.3 Å². The SMILES string of the molecule is Cn1nccc1-c1cc(NC(=O)c2ccc(C(F)(F)F)c(F)c2)ccc1OCCN1CCCCC1. The molecule has 0 spiro atoms. The van der Waals surface area contributed by atoms with Crippen LogP contribution in [0, 0.1) is 5.82 Å². The number of hydrogen-bond acceptors (Lipinski definition) is 4. The number of carbonyl (C=O) groups is 1. The molecule has 186 valence electrons. The number of aromatic nitrogens is 2. The number of nitrogens with one attached hydrogen (secondary N) is 1. The first-order valence-corrected chi connectivity index (χ1v) is 11.4. The van der Waals surface area contributed by atoms with Gasteiger partial charge in [-0.1, -0.05) is 6.42 Å². The Kier molecular flexibility index (Phi) is 7.39. The van der Waals surface area contributed by atoms with Gasteiger partial charge in [0.1, 0.15) is 18.2 Å². The molecule has 0 unspecified atom stereocenters. The second-order valence-corrected chi connectivity index (χ2v) is 8.45. The smallest absolute Gasteiger partial charge is 0.419 e. The van der Waals surface area contributed by atoms with Gasteiger partial charge >= 0.3 is 6.18 Å². The lowest BCUT2D eigenvalue weighted by molar-refractivity contribution is -0.140. The summed E-state index contributed by atoms with van der Waals surface area (Å²) in [6, 6.07) is 8.95. The molecule has 35 heavy (non-hydrogen) atoms. The molecule has 0 atom stereocenters. The van der Waals surface area contributed by atoms with Gasteiger partial charge in [0.2, 0.25) is 0 Å². The third kappa shape index (κ3) is 6.00. The number of benzene rings is 2. The molecule has 10 heteroatoms. The molecular weight excluding hydrogens is 464 g/mol. The normalized spacial score (nSPS) is 14.7. The van der Waals surface area contributed by atoms with Gasteiger partial charge in [0, 0.05) is 36.6 Å². The number of alkyl halides is 3. The Bertz CT molecular complexity index is 1190. The van der Waals surface area contributed by atoms with Gasteiger partial charge in [-0.25, -0.2) is 4.39 Å². The molecule has 0 bridgehead atoms. The molecule has 2 heterocycles. The zero-order valence-corrected chi connectivity index (χ0v) is 19.2. The molecule has 0 aliphatic carbocycles. The molecule has 1 saturated heterocycles. The lowest BCUT2D eigenvalue weighted by Gasteiger charge is -2.26. The molecule has 4 rings (SSSR count). The predicted octanol–water partition coefficient (Wildman–Crippen LogP) is 5.36. The number of carbonyl (C=O) groups excluding carboxylic acids is 1. The minimum absolute atomic E-state index is 0.223. The van der Waals surface area contributed by atoms with E-state index in [-0.39, 0.29) is 5.56 Å². The third-order valence-electron chi connectivity index (χ3n) is 5.98. The number of rotatable bonds is 7. The summed E-state index contributed by atoms with van der Waals surface area (Å²) >= 11 is 0. The molecule has 1 amide bonds. The predicted molar refractivity (Wildman–Crippen MR) is 124 cm³/mol. The van der Waals surface area contributed by atoms with Crippen LogP contribution in [0.25, 0.3) is 11.3 Å². The Morgan fingerprint density at radius 2 is 1.86 bits per heavy atom. The van der Waals surface area contributed by atoms with Crippen LogP contribution in [0.3, 0.4) is 0 Å². The van der Waals surface area contributed by atoms with Gasteiger partial charge in [0.15, 0.2) is 0 Å². The van der Waals surface area contributed by atoms with Crippen LogP contribution in [0.1, 0.15) is 35.2 Å². The first kappa shape index (κ1) is 24.7. The Hall–Kier alpha value is -3.40. The van der Waals surface area contributed by atoms with E-state index >= 15 is 0 Å². The number of likely N-dealkylation sites (tertiary alicyclic amines) is 1. The molecule has 0 radical (unpaired) electrons. The van der Waals surface area contributed by atoms with Crippen molar-refractivity contribution in [3.63, 3.8) is 0 Å². The molecule has 2 aromatic carbocycles. The zero-order valence-electron chi connectivity index (χ0n) is 19.2. The maximum atomic E-state index is 13.9. The average molecular weight is 491 g/mol. The summed E-state index contributed by atoms with van der Waals surface area (Å²) in [4.78, 5) is 15.0. The van der Waals surface area contributed by atoms with Gasteiger partial charge in [-0.3, -0.25) is 14.4 Å². The van der Waals surface area contributed by atoms with E-state index in [0.29, 0.717) is 35.7 Å². The van der Waals surface area contributed by atoms with Crippen molar-refractivity contribution in [1.29, 1.82) is 0 Å². The molecule has 1 fully saturated rings. The van der Waals surface area contributed by atoms with Crippen molar-refractivity contribution in [3.05, 3.63) is 65.6 Å². The van der Waals surface area contributed by atoms with Gasteiger partial charge in [0.05, 0.1) is 11.3 Å². The summed E-state index contributed by atoms with van der Waals surface area (Å²) in [6.45, 7) is 3.44. The van der Waals surface area contributed by atoms with Crippen molar-refractivity contribution in [2.24, 2.45) is 7.05 Å². The summed E-state index contributed by atoms with van der Waals surface area (Å²) in [5.74, 6) is -1.62. The largest absolute Gasteiger partial charge is 0.492 e. The van der Waals surface area contributed by atoms with Gasteiger partial charge in [-0.05, 0) is 68.4 Å². The molecule has 1 aliphatic rings. The molecule has 1 N–H and O–H groups in total. The fourth-order valence-corrected chi connectivity index (χ4v) is 4.13. The van der Waals surface area contributed by atoms with E-state index in [1.807, 2.05) is 6.07 Å². The van der Waals surface area contributed by atoms with Gasteiger partial charge in [-0.15, -0.1) is 0 Å². The molecule has 3 aromatic rings. The van der Waals surface area contributed by atoms with Crippen LogP contribution in [0.5, 0.6) is 5.75 Å². The van der Waals surface area contributed by atoms with Gasteiger partial charge in [-0.2, -0.15) is 18.3 Å². The van der Waals surface area contributed by atoms with Crippen LogP contribution >= 0.6 is 0 Å². The lowest BCUT2D eigenvalue weighted by Crippen LogP contribution is -2.33. The van der Waals surface area contributed by atoms with Crippen molar-refractivity contribution < 1.29 is 27.1 Å². The number of amides is 1. The van der Waals surface area contributed by atoms with E-state index < -0.39 is 23.5 Å². The topological polar surface area (TPSA) is 59.4 Å². The Labute approximate surface area is 200 Å². The summed E-state index contributed by atoms with van der Waals surface area (Å²) < 4.78 is 60.1. The Balaban J connectivity index is 1.52. The van der Waals surface area contributed by atoms with Crippen molar-refractivity contribution >= 4 is 11.6 Å². The van der Waals surface area contributed by atoms with E-state index in [0.717, 1.165) is 31.4 Å². The van der Waals surface area contributed by atoms with Crippen LogP contribution in [-0.2, 0) is 13.2 Å². The monoisotopic (exact) mass is 490 g/mol. The van der Waals surface area contributed by atoms with Crippen molar-refractivity contribution in [3.8, 4) is 17.0 Å². The van der Waals surface area contributed by atoms with Gasteiger partial charge < -0.3 is 10.1 Å². The Morgan fingerprint density at radius 3 is 2.51 bits per heavy atom. The number of halogens is 4. The maximum absolute atomic E-state index is 13.9. The molecule has 0 saturated carbocycles. The van der Waals surface area contributed by atoms with Crippen LogP contribution in [0.4, 0.5) is 23.2 Å². The third-order valence-corrected chi connectivity index (χ3v) is 5.98. The first-order valence-electron chi connectivity index (χ1n) is 11.4. The fraction of sp³-hybridized carbons (Fsp3) is 0.360. The molecule has 1 aliphatic heterocycles. The van der Waals surface area contributed by atoms with Gasteiger partial charge in [0.25, 0.3) is 5.91 Å². The number of aryl methyl sites for hydroxylation is 1. The molecule has 6 nitrogen and oxygen atoms in total. The van der Waals surface area contributed by atoms with Crippen LogP contribution in [0.15, 0.2) is 48.7 Å². The zero-order chi connectivity index (χ0) is 25.0. The highest BCUT2D eigenvalue weighted by Gasteiger charge is 2.34. The van der Waals surface area contributed by atoms with Crippen LogP contribution in [0.2, 0.25) is 0 Å². The van der Waals surface area contributed by atoms with E-state index in [2.05, 4.69) is 15.3 Å². The summed E-state index contributed by atoms with van der Waals surface area (Å²) in [5, 5.41) is 6.82. The number of ether oxygens (including phenoxy) is 1. The number of piperidine rings is 1. The van der Waals surface area contributed by atoms with Crippen LogP contribution in [-0.4, -0.2) is 46.8 Å². The molecule has 1 aromatic heterocycles.